The third-order valence-corrected chi connectivity index (χ3v) is 5.88. The van der Waals surface area contributed by atoms with E-state index in [9.17, 15) is 0 Å². The minimum Gasteiger partial charge on any atom is -0.385 e. The van der Waals surface area contributed by atoms with Gasteiger partial charge in [0.05, 0.1) is 0 Å². The van der Waals surface area contributed by atoms with Crippen LogP contribution < -0.4 is 11.1 Å². The molecular weight excluding hydrogens is 340 g/mol. The molecule has 150 valence electrons. The summed E-state index contributed by atoms with van der Waals surface area (Å²) in [5, 5.41) is 3.70. The summed E-state index contributed by atoms with van der Waals surface area (Å²) in [5.74, 6) is 0.323. The molecule has 1 aliphatic carbocycles. The summed E-state index contributed by atoms with van der Waals surface area (Å²) < 4.78 is 0. The molecule has 0 radical (unpaired) electrons. The third kappa shape index (κ3) is 5.26. The number of para-hydroxylation sites is 1. The number of unbranched alkanes of at least 4 members (excludes halogenated alkanes) is 7. The zero-order chi connectivity index (χ0) is 19.6. The Morgan fingerprint density at radius 3 is 2.32 bits per heavy atom. The molecule has 2 heteroatoms. The van der Waals surface area contributed by atoms with Crippen LogP contribution in [0.2, 0.25) is 0 Å². The van der Waals surface area contributed by atoms with E-state index in [0.29, 0.717) is 12.5 Å². The van der Waals surface area contributed by atoms with Gasteiger partial charge in [0.25, 0.3) is 0 Å². The van der Waals surface area contributed by atoms with E-state index in [4.69, 9.17) is 5.73 Å². The van der Waals surface area contributed by atoms with E-state index in [1.54, 1.807) is 0 Å². The van der Waals surface area contributed by atoms with Gasteiger partial charge in [0.2, 0.25) is 0 Å². The summed E-state index contributed by atoms with van der Waals surface area (Å²) in [5.41, 5.74) is 12.5. The Balaban J connectivity index is 1.54. The van der Waals surface area contributed by atoms with Gasteiger partial charge in [0.15, 0.2) is 0 Å². The minimum absolute atomic E-state index is 0.323. The van der Waals surface area contributed by atoms with Crippen LogP contribution in [0.3, 0.4) is 0 Å². The largest absolute Gasteiger partial charge is 0.385 e. The highest BCUT2D eigenvalue weighted by Crippen LogP contribution is 2.39. The Morgan fingerprint density at radius 2 is 1.54 bits per heavy atom. The predicted octanol–water partition coefficient (Wildman–Crippen LogP) is 6.86. The number of nitrogens with one attached hydrogen (secondary N) is 1. The summed E-state index contributed by atoms with van der Waals surface area (Å²) >= 11 is 0. The van der Waals surface area contributed by atoms with Gasteiger partial charge in [-0.15, -0.1) is 0 Å². The van der Waals surface area contributed by atoms with Crippen LogP contribution >= 0.6 is 0 Å². The maximum absolute atomic E-state index is 5.93. The fraction of sp³-hybridized carbons (Fsp3) is 0.462. The molecule has 2 aromatic rings. The molecule has 1 atom stereocenters. The van der Waals surface area contributed by atoms with Gasteiger partial charge in [-0.2, -0.15) is 0 Å². The quantitative estimate of drug-likeness (QED) is 0.397. The van der Waals surface area contributed by atoms with Crippen molar-refractivity contribution in [3.8, 4) is 0 Å². The molecule has 28 heavy (non-hydrogen) atoms. The number of hydrogen-bond acceptors (Lipinski definition) is 2. The molecule has 0 amide bonds. The molecule has 1 unspecified atom stereocenters. The second-order valence-electron chi connectivity index (χ2n) is 7.95. The summed E-state index contributed by atoms with van der Waals surface area (Å²) in [7, 11) is 0. The monoisotopic (exact) mass is 376 g/mol. The van der Waals surface area contributed by atoms with Gasteiger partial charge in [0.1, 0.15) is 0 Å². The molecule has 0 bridgehead atoms. The van der Waals surface area contributed by atoms with E-state index in [0.717, 1.165) is 6.54 Å². The average Bonchev–Trinajstić information content (AvgIpc) is 3.17. The summed E-state index contributed by atoms with van der Waals surface area (Å²) in [4.78, 5) is 0. The SMILES string of the molecule is CCCCCCCCCCNc1ccccc1C1C=Cc2c(CN)cccc21. The van der Waals surface area contributed by atoms with Crippen molar-refractivity contribution in [1.29, 1.82) is 0 Å². The van der Waals surface area contributed by atoms with E-state index in [1.807, 2.05) is 0 Å². The smallest absolute Gasteiger partial charge is 0.0382 e. The predicted molar refractivity (Wildman–Crippen MR) is 123 cm³/mol. The van der Waals surface area contributed by atoms with Crippen molar-refractivity contribution in [2.45, 2.75) is 70.8 Å². The molecule has 0 saturated heterocycles. The summed E-state index contributed by atoms with van der Waals surface area (Å²) in [6.07, 6.45) is 15.4. The van der Waals surface area contributed by atoms with Gasteiger partial charge in [-0.05, 0) is 34.7 Å². The van der Waals surface area contributed by atoms with Gasteiger partial charge < -0.3 is 11.1 Å². The van der Waals surface area contributed by atoms with Crippen LogP contribution in [0.25, 0.3) is 6.08 Å². The van der Waals surface area contributed by atoms with Crippen molar-refractivity contribution < 1.29 is 0 Å². The van der Waals surface area contributed by atoms with E-state index < -0.39 is 0 Å². The number of hydrogen-bond donors (Lipinski definition) is 2. The highest BCUT2D eigenvalue weighted by Gasteiger charge is 2.22. The molecule has 2 nitrogen and oxygen atoms in total. The second-order valence-corrected chi connectivity index (χ2v) is 7.95. The molecule has 0 fully saturated rings. The summed E-state index contributed by atoms with van der Waals surface area (Å²) in [6.45, 7) is 3.93. The van der Waals surface area contributed by atoms with Crippen LogP contribution in [0.5, 0.6) is 0 Å². The molecule has 3 rings (SSSR count). The lowest BCUT2D eigenvalue weighted by Gasteiger charge is -2.18. The van der Waals surface area contributed by atoms with E-state index in [2.05, 4.69) is 66.9 Å². The molecule has 3 N–H and O–H groups in total. The van der Waals surface area contributed by atoms with E-state index in [-0.39, 0.29) is 0 Å². The first-order valence-electron chi connectivity index (χ1n) is 11.2. The van der Waals surface area contributed by atoms with Crippen molar-refractivity contribution in [1.82, 2.24) is 0 Å². The number of fused-ring (bicyclic) bond motifs is 1. The topological polar surface area (TPSA) is 38.0 Å². The Labute approximate surface area is 171 Å². The van der Waals surface area contributed by atoms with Crippen molar-refractivity contribution in [3.63, 3.8) is 0 Å². The molecule has 0 aromatic heterocycles. The van der Waals surface area contributed by atoms with Crippen LogP contribution in [-0.4, -0.2) is 6.54 Å². The first-order chi connectivity index (χ1) is 13.8. The van der Waals surface area contributed by atoms with Gasteiger partial charge in [0, 0.05) is 24.7 Å². The molecule has 1 aliphatic rings. The Hall–Kier alpha value is -2.06. The van der Waals surface area contributed by atoms with Crippen molar-refractivity contribution in [2.75, 3.05) is 11.9 Å². The fourth-order valence-corrected chi connectivity index (χ4v) is 4.26. The number of nitrogens with two attached hydrogens (primary N) is 1. The normalized spacial score (nSPS) is 15.0. The number of rotatable bonds is 12. The lowest BCUT2D eigenvalue weighted by Crippen LogP contribution is -2.07. The molecular formula is C26H36N2. The van der Waals surface area contributed by atoms with E-state index >= 15 is 0 Å². The molecule has 0 spiro atoms. The molecule has 0 heterocycles. The van der Waals surface area contributed by atoms with Crippen molar-refractivity contribution >= 4 is 11.8 Å². The van der Waals surface area contributed by atoms with Crippen LogP contribution in [0.15, 0.2) is 48.5 Å². The fourth-order valence-electron chi connectivity index (χ4n) is 4.26. The maximum Gasteiger partial charge on any atom is 0.0382 e. The first kappa shape index (κ1) is 20.7. The third-order valence-electron chi connectivity index (χ3n) is 5.88. The first-order valence-corrected chi connectivity index (χ1v) is 11.2. The van der Waals surface area contributed by atoms with Crippen LogP contribution in [-0.2, 0) is 6.54 Å². The van der Waals surface area contributed by atoms with Gasteiger partial charge in [-0.1, -0.05) is 100 Å². The molecule has 2 aromatic carbocycles. The Kier molecular flexibility index (Phi) is 8.17. The highest BCUT2D eigenvalue weighted by atomic mass is 14.9. The van der Waals surface area contributed by atoms with Crippen molar-refractivity contribution in [3.05, 3.63) is 70.8 Å². The lowest BCUT2D eigenvalue weighted by molar-refractivity contribution is 0.581. The second kappa shape index (κ2) is 11.1. The average molecular weight is 377 g/mol. The summed E-state index contributed by atoms with van der Waals surface area (Å²) in [6, 6.07) is 15.3. The highest BCUT2D eigenvalue weighted by molar-refractivity contribution is 5.70. The number of benzene rings is 2. The molecule has 0 saturated carbocycles. The zero-order valence-electron chi connectivity index (χ0n) is 17.4. The van der Waals surface area contributed by atoms with Crippen LogP contribution in [0, 0.1) is 0 Å². The Morgan fingerprint density at radius 1 is 0.821 bits per heavy atom. The minimum atomic E-state index is 0.323. The van der Waals surface area contributed by atoms with Gasteiger partial charge >= 0.3 is 0 Å². The Bertz CT molecular complexity index is 763. The van der Waals surface area contributed by atoms with Gasteiger partial charge in [-0.25, -0.2) is 0 Å². The zero-order valence-corrected chi connectivity index (χ0v) is 17.4. The van der Waals surface area contributed by atoms with Crippen LogP contribution in [0.1, 0.15) is 86.5 Å². The van der Waals surface area contributed by atoms with Crippen LogP contribution in [0.4, 0.5) is 5.69 Å². The maximum atomic E-state index is 5.93. The van der Waals surface area contributed by atoms with Crippen molar-refractivity contribution in [2.24, 2.45) is 5.73 Å². The standard InChI is InChI=1S/C26H36N2/c1-2-3-4-5-6-7-8-11-19-28-26-16-10-9-14-25(26)24-18-17-22-21(20-27)13-12-15-23(22)24/h9-10,12-18,24,28H,2-8,11,19-20,27H2,1H3. The van der Waals surface area contributed by atoms with E-state index in [1.165, 1.54) is 79.3 Å². The number of allylic oxidation sites excluding steroid dienone is 1. The van der Waals surface area contributed by atoms with Gasteiger partial charge in [-0.3, -0.25) is 0 Å². The lowest BCUT2D eigenvalue weighted by atomic mass is 9.90. The number of anilines is 1. The molecule has 0 aliphatic heterocycles.